The van der Waals surface area contributed by atoms with Crippen molar-refractivity contribution in [2.75, 3.05) is 30.4 Å². The highest BCUT2D eigenvalue weighted by molar-refractivity contribution is 7.13. The van der Waals surface area contributed by atoms with Gasteiger partial charge in [0.15, 0.2) is 0 Å². The Morgan fingerprint density at radius 3 is 2.75 bits per heavy atom. The second-order valence-corrected chi connectivity index (χ2v) is 4.91. The number of nitrogens with zero attached hydrogens (tertiary/aromatic N) is 3. The molecule has 0 unspecified atom stereocenters. The van der Waals surface area contributed by atoms with Crippen LogP contribution in [0, 0.1) is 0 Å². The Morgan fingerprint density at radius 1 is 1.40 bits per heavy atom. The van der Waals surface area contributed by atoms with Crippen molar-refractivity contribution in [1.29, 1.82) is 0 Å². The molecule has 0 saturated carbocycles. The average molecular weight is 292 g/mol. The maximum absolute atomic E-state index is 11.8. The minimum atomic E-state index is -0.127. The Kier molecular flexibility index (Phi) is 4.89. The van der Waals surface area contributed by atoms with E-state index >= 15 is 0 Å². The van der Waals surface area contributed by atoms with Crippen molar-refractivity contribution in [1.82, 2.24) is 10.2 Å². The SMILES string of the molecule is CCOc1ccc(N(C)CC(=O)Nc2nncs2)cc1. The van der Waals surface area contributed by atoms with Gasteiger partial charge in [-0.25, -0.2) is 0 Å². The molecule has 0 radical (unpaired) electrons. The predicted molar refractivity (Wildman–Crippen MR) is 79.4 cm³/mol. The Balaban J connectivity index is 1.90. The third-order valence-corrected chi connectivity index (χ3v) is 3.18. The standard InChI is InChI=1S/C13H16N4O2S/c1-3-19-11-6-4-10(5-7-11)17(2)8-12(18)15-13-16-14-9-20-13/h4-7,9H,3,8H2,1-2H3,(H,15,16,18). The number of carbonyl (C=O) groups is 1. The lowest BCUT2D eigenvalue weighted by molar-refractivity contribution is -0.114. The summed E-state index contributed by atoms with van der Waals surface area (Å²) in [5.41, 5.74) is 2.52. The van der Waals surface area contributed by atoms with E-state index in [-0.39, 0.29) is 12.5 Å². The summed E-state index contributed by atoms with van der Waals surface area (Å²) in [4.78, 5) is 13.7. The van der Waals surface area contributed by atoms with Crippen LogP contribution in [0.2, 0.25) is 0 Å². The van der Waals surface area contributed by atoms with Crippen molar-refractivity contribution in [2.45, 2.75) is 6.92 Å². The average Bonchev–Trinajstić information content (AvgIpc) is 2.92. The largest absolute Gasteiger partial charge is 0.494 e. The van der Waals surface area contributed by atoms with Crippen LogP contribution < -0.4 is 15.0 Å². The number of ether oxygens (including phenoxy) is 1. The number of hydrogen-bond acceptors (Lipinski definition) is 6. The maximum atomic E-state index is 11.8. The van der Waals surface area contributed by atoms with Gasteiger partial charge < -0.3 is 9.64 Å². The number of hydrogen-bond donors (Lipinski definition) is 1. The van der Waals surface area contributed by atoms with Gasteiger partial charge in [0.25, 0.3) is 0 Å². The van der Waals surface area contributed by atoms with Crippen LogP contribution in [0.4, 0.5) is 10.8 Å². The number of likely N-dealkylation sites (N-methyl/N-ethyl adjacent to an activating group) is 1. The molecule has 1 heterocycles. The van der Waals surface area contributed by atoms with E-state index < -0.39 is 0 Å². The lowest BCUT2D eigenvalue weighted by atomic mass is 10.3. The van der Waals surface area contributed by atoms with E-state index in [0.29, 0.717) is 11.7 Å². The van der Waals surface area contributed by atoms with Gasteiger partial charge in [-0.05, 0) is 31.2 Å². The van der Waals surface area contributed by atoms with E-state index in [2.05, 4.69) is 15.5 Å². The molecule has 2 rings (SSSR count). The van der Waals surface area contributed by atoms with Crippen molar-refractivity contribution < 1.29 is 9.53 Å². The summed E-state index contributed by atoms with van der Waals surface area (Å²) in [6.07, 6.45) is 0. The van der Waals surface area contributed by atoms with E-state index in [9.17, 15) is 4.79 Å². The molecular formula is C13H16N4O2S. The number of anilines is 2. The third-order valence-electron chi connectivity index (χ3n) is 2.58. The van der Waals surface area contributed by atoms with Crippen LogP contribution in [0.3, 0.4) is 0 Å². The van der Waals surface area contributed by atoms with Gasteiger partial charge in [-0.3, -0.25) is 10.1 Å². The van der Waals surface area contributed by atoms with Crippen LogP contribution in [0.15, 0.2) is 29.8 Å². The van der Waals surface area contributed by atoms with Crippen LogP contribution in [0.5, 0.6) is 5.75 Å². The molecule has 1 N–H and O–H groups in total. The number of rotatable bonds is 6. The first-order chi connectivity index (χ1) is 9.69. The molecule has 0 spiro atoms. The van der Waals surface area contributed by atoms with Gasteiger partial charge in [0.2, 0.25) is 11.0 Å². The van der Waals surface area contributed by atoms with Gasteiger partial charge in [0.05, 0.1) is 13.2 Å². The number of nitrogens with one attached hydrogen (secondary N) is 1. The highest BCUT2D eigenvalue weighted by atomic mass is 32.1. The first-order valence-corrected chi connectivity index (χ1v) is 7.07. The molecule has 7 heteroatoms. The van der Waals surface area contributed by atoms with Crippen LogP contribution >= 0.6 is 11.3 Å². The molecule has 1 aromatic heterocycles. The zero-order valence-corrected chi connectivity index (χ0v) is 12.2. The molecule has 0 aliphatic carbocycles. The minimum Gasteiger partial charge on any atom is -0.494 e. The monoisotopic (exact) mass is 292 g/mol. The third kappa shape index (κ3) is 3.92. The molecule has 6 nitrogen and oxygen atoms in total. The molecule has 0 fully saturated rings. The highest BCUT2D eigenvalue weighted by Gasteiger charge is 2.09. The second-order valence-electron chi connectivity index (χ2n) is 4.08. The molecule has 1 amide bonds. The smallest absolute Gasteiger partial charge is 0.245 e. The quantitative estimate of drug-likeness (QED) is 0.882. The molecule has 0 atom stereocenters. The summed E-state index contributed by atoms with van der Waals surface area (Å²) in [5, 5.41) is 10.6. The molecular weight excluding hydrogens is 276 g/mol. The molecule has 0 aliphatic heterocycles. The Hall–Kier alpha value is -2.15. The molecule has 0 saturated heterocycles. The van der Waals surface area contributed by atoms with Crippen molar-refractivity contribution in [3.63, 3.8) is 0 Å². The first-order valence-electron chi connectivity index (χ1n) is 6.19. The van der Waals surface area contributed by atoms with Gasteiger partial charge in [0.1, 0.15) is 11.3 Å². The molecule has 0 aliphatic rings. The topological polar surface area (TPSA) is 67.3 Å². The van der Waals surface area contributed by atoms with Crippen molar-refractivity contribution in [2.24, 2.45) is 0 Å². The summed E-state index contributed by atoms with van der Waals surface area (Å²) >= 11 is 1.29. The summed E-state index contributed by atoms with van der Waals surface area (Å²) in [7, 11) is 1.86. The summed E-state index contributed by atoms with van der Waals surface area (Å²) in [5.74, 6) is 0.695. The normalized spacial score (nSPS) is 10.1. The minimum absolute atomic E-state index is 0.127. The van der Waals surface area contributed by atoms with E-state index in [1.165, 1.54) is 11.3 Å². The molecule has 20 heavy (non-hydrogen) atoms. The van der Waals surface area contributed by atoms with Crippen LogP contribution in [-0.2, 0) is 4.79 Å². The number of carbonyl (C=O) groups excluding carboxylic acids is 1. The molecule has 1 aromatic carbocycles. The Bertz CT molecular complexity index is 542. The first kappa shape index (κ1) is 14.3. The van der Waals surface area contributed by atoms with Gasteiger partial charge in [-0.1, -0.05) is 11.3 Å². The maximum Gasteiger partial charge on any atom is 0.245 e. The number of amides is 1. The zero-order valence-electron chi connectivity index (χ0n) is 11.4. The predicted octanol–water partition coefficient (Wildman–Crippen LogP) is 2.01. The fourth-order valence-electron chi connectivity index (χ4n) is 1.66. The van der Waals surface area contributed by atoms with Crippen molar-refractivity contribution >= 4 is 28.1 Å². The van der Waals surface area contributed by atoms with Gasteiger partial charge >= 0.3 is 0 Å². The van der Waals surface area contributed by atoms with E-state index in [0.717, 1.165) is 11.4 Å². The lowest BCUT2D eigenvalue weighted by Gasteiger charge is -2.18. The highest BCUT2D eigenvalue weighted by Crippen LogP contribution is 2.18. The summed E-state index contributed by atoms with van der Waals surface area (Å²) in [6, 6.07) is 7.61. The van der Waals surface area contributed by atoms with Crippen molar-refractivity contribution in [3.8, 4) is 5.75 Å². The fraction of sp³-hybridized carbons (Fsp3) is 0.308. The lowest BCUT2D eigenvalue weighted by Crippen LogP contribution is -2.29. The number of aromatic nitrogens is 2. The summed E-state index contributed by atoms with van der Waals surface area (Å²) < 4.78 is 5.38. The van der Waals surface area contributed by atoms with Gasteiger partial charge in [0, 0.05) is 12.7 Å². The Morgan fingerprint density at radius 2 is 2.15 bits per heavy atom. The Labute approximate surface area is 121 Å². The summed E-state index contributed by atoms with van der Waals surface area (Å²) in [6.45, 7) is 2.82. The number of benzene rings is 1. The fourth-order valence-corrected chi connectivity index (χ4v) is 2.12. The second kappa shape index (κ2) is 6.85. The van der Waals surface area contributed by atoms with Crippen LogP contribution in [0.25, 0.3) is 0 Å². The van der Waals surface area contributed by atoms with E-state index in [1.807, 2.05) is 43.1 Å². The van der Waals surface area contributed by atoms with Crippen LogP contribution in [-0.4, -0.2) is 36.3 Å². The van der Waals surface area contributed by atoms with E-state index in [1.54, 1.807) is 5.51 Å². The van der Waals surface area contributed by atoms with E-state index in [4.69, 9.17) is 4.74 Å². The molecule has 0 bridgehead atoms. The van der Waals surface area contributed by atoms with Gasteiger partial charge in [-0.15, -0.1) is 10.2 Å². The van der Waals surface area contributed by atoms with Gasteiger partial charge in [-0.2, -0.15) is 0 Å². The van der Waals surface area contributed by atoms with Crippen molar-refractivity contribution in [3.05, 3.63) is 29.8 Å². The molecule has 2 aromatic rings. The van der Waals surface area contributed by atoms with Crippen LogP contribution in [0.1, 0.15) is 6.92 Å². The zero-order chi connectivity index (χ0) is 14.4. The molecule has 106 valence electrons.